The molecule has 0 aromatic rings. The fourth-order valence-electron chi connectivity index (χ4n) is 1.31. The minimum absolute atomic E-state index is 0.0556. The van der Waals surface area contributed by atoms with Gasteiger partial charge in [-0.3, -0.25) is 4.79 Å². The molecule has 0 unspecified atom stereocenters. The van der Waals surface area contributed by atoms with Gasteiger partial charge in [-0.2, -0.15) is 0 Å². The predicted molar refractivity (Wildman–Crippen MR) is 38.5 cm³/mol. The van der Waals surface area contributed by atoms with E-state index in [2.05, 4.69) is 20.8 Å². The maximum Gasteiger partial charge on any atom is 0.312 e. The predicted octanol–water partition coefficient (Wildman–Crippen LogP) is 1.59. The number of hydrogen-bond acceptors (Lipinski definition) is 2. The Kier molecular flexibility index (Phi) is 1.50. The molecule has 0 spiro atoms. The Balaban J connectivity index is 2.56. The van der Waals surface area contributed by atoms with Crippen LogP contribution in [0.1, 0.15) is 27.7 Å². The van der Waals surface area contributed by atoms with E-state index in [4.69, 9.17) is 4.74 Å². The van der Waals surface area contributed by atoms with Crippen molar-refractivity contribution in [2.24, 2.45) is 11.3 Å². The van der Waals surface area contributed by atoms with Crippen LogP contribution in [-0.2, 0) is 9.53 Å². The molecule has 1 fully saturated rings. The number of cyclic esters (lactones) is 1. The normalized spacial score (nSPS) is 33.0. The molecule has 1 aliphatic rings. The van der Waals surface area contributed by atoms with Gasteiger partial charge >= 0.3 is 5.97 Å². The minimum Gasteiger partial charge on any atom is -0.461 e. The zero-order valence-electron chi connectivity index (χ0n) is 6.97. The van der Waals surface area contributed by atoms with Gasteiger partial charge in [-0.25, -0.2) is 0 Å². The number of carbonyl (C=O) groups is 1. The van der Waals surface area contributed by atoms with Crippen LogP contribution in [-0.4, -0.2) is 12.1 Å². The Bertz CT molecular complexity index is 155. The van der Waals surface area contributed by atoms with Gasteiger partial charge in [0.1, 0.15) is 6.10 Å². The van der Waals surface area contributed by atoms with E-state index in [1.807, 2.05) is 6.92 Å². The average Bonchev–Trinajstić information content (AvgIpc) is 1.79. The molecule has 2 atom stereocenters. The van der Waals surface area contributed by atoms with Crippen molar-refractivity contribution >= 4 is 5.97 Å². The second kappa shape index (κ2) is 1.97. The largest absolute Gasteiger partial charge is 0.461 e. The third-order valence-electron chi connectivity index (χ3n) is 1.92. The Labute approximate surface area is 61.6 Å². The highest BCUT2D eigenvalue weighted by atomic mass is 16.6. The lowest BCUT2D eigenvalue weighted by molar-refractivity contribution is -0.195. The molecule has 1 aliphatic heterocycles. The summed E-state index contributed by atoms with van der Waals surface area (Å²) in [5.74, 6) is 0.0416. The lowest BCUT2D eigenvalue weighted by Crippen LogP contribution is -2.50. The van der Waals surface area contributed by atoms with Crippen molar-refractivity contribution in [2.45, 2.75) is 33.8 Å². The highest BCUT2D eigenvalue weighted by Crippen LogP contribution is 2.35. The van der Waals surface area contributed by atoms with Gasteiger partial charge in [-0.15, -0.1) is 0 Å². The Hall–Kier alpha value is -0.530. The van der Waals surface area contributed by atoms with E-state index in [1.165, 1.54) is 0 Å². The summed E-state index contributed by atoms with van der Waals surface area (Å²) in [5, 5.41) is 0. The molecular weight excluding hydrogens is 128 g/mol. The zero-order valence-corrected chi connectivity index (χ0v) is 6.97. The van der Waals surface area contributed by atoms with E-state index in [0.29, 0.717) is 0 Å². The molecule has 0 bridgehead atoms. The first-order chi connectivity index (χ1) is 4.43. The van der Waals surface area contributed by atoms with Crippen LogP contribution in [0.15, 0.2) is 0 Å². The van der Waals surface area contributed by atoms with Crippen LogP contribution in [0.25, 0.3) is 0 Å². The molecule has 0 aromatic heterocycles. The van der Waals surface area contributed by atoms with Gasteiger partial charge in [0, 0.05) is 0 Å². The number of hydrogen-bond donors (Lipinski definition) is 0. The van der Waals surface area contributed by atoms with Crippen LogP contribution in [0.2, 0.25) is 0 Å². The smallest absolute Gasteiger partial charge is 0.312 e. The summed E-state index contributed by atoms with van der Waals surface area (Å²) in [6.45, 7) is 8.17. The van der Waals surface area contributed by atoms with Gasteiger partial charge in [0.15, 0.2) is 0 Å². The molecule has 0 N–H and O–H groups in total. The third kappa shape index (κ3) is 1.02. The molecule has 10 heavy (non-hydrogen) atoms. The van der Waals surface area contributed by atoms with Gasteiger partial charge in [0.25, 0.3) is 0 Å². The lowest BCUT2D eigenvalue weighted by atomic mass is 9.79. The first-order valence-corrected chi connectivity index (χ1v) is 3.63. The van der Waals surface area contributed by atoms with Crippen LogP contribution >= 0.6 is 0 Å². The molecule has 2 heteroatoms. The molecule has 1 heterocycles. The van der Waals surface area contributed by atoms with E-state index in [0.717, 1.165) is 0 Å². The molecule has 1 rings (SSSR count). The van der Waals surface area contributed by atoms with Gasteiger partial charge in [0.2, 0.25) is 0 Å². The Morgan fingerprint density at radius 1 is 1.40 bits per heavy atom. The fraction of sp³-hybridized carbons (Fsp3) is 0.875. The van der Waals surface area contributed by atoms with Crippen LogP contribution in [0.4, 0.5) is 0 Å². The van der Waals surface area contributed by atoms with Crippen molar-refractivity contribution < 1.29 is 9.53 Å². The van der Waals surface area contributed by atoms with E-state index >= 15 is 0 Å². The van der Waals surface area contributed by atoms with Crippen LogP contribution in [0, 0.1) is 11.3 Å². The molecule has 2 nitrogen and oxygen atoms in total. The molecule has 0 aromatic carbocycles. The van der Waals surface area contributed by atoms with Crippen molar-refractivity contribution in [3.8, 4) is 0 Å². The maximum absolute atomic E-state index is 10.7. The lowest BCUT2D eigenvalue weighted by Gasteiger charge is -2.41. The summed E-state index contributed by atoms with van der Waals surface area (Å²) in [7, 11) is 0. The van der Waals surface area contributed by atoms with Crippen molar-refractivity contribution in [1.29, 1.82) is 0 Å². The van der Waals surface area contributed by atoms with Crippen molar-refractivity contribution in [3.63, 3.8) is 0 Å². The Morgan fingerprint density at radius 3 is 2.00 bits per heavy atom. The van der Waals surface area contributed by atoms with Crippen LogP contribution in [0.5, 0.6) is 0 Å². The quantitative estimate of drug-likeness (QED) is 0.480. The van der Waals surface area contributed by atoms with Gasteiger partial charge < -0.3 is 4.74 Å². The van der Waals surface area contributed by atoms with Crippen molar-refractivity contribution in [1.82, 2.24) is 0 Å². The van der Waals surface area contributed by atoms with Crippen LogP contribution < -0.4 is 0 Å². The summed E-state index contributed by atoms with van der Waals surface area (Å²) < 4.78 is 4.98. The first kappa shape index (κ1) is 7.58. The number of rotatable bonds is 0. The standard InChI is InChI=1S/C8H14O2/c1-5-6(8(2,3)4)10-7(5)9/h5-6H,1-4H3/t5-,6+/m0/s1. The molecule has 1 saturated heterocycles. The third-order valence-corrected chi connectivity index (χ3v) is 1.92. The molecule has 0 aliphatic carbocycles. The second-order valence-electron chi connectivity index (χ2n) is 4.01. The van der Waals surface area contributed by atoms with Gasteiger partial charge in [-0.05, 0) is 12.3 Å². The van der Waals surface area contributed by atoms with E-state index < -0.39 is 0 Å². The number of esters is 1. The maximum atomic E-state index is 10.7. The number of carbonyl (C=O) groups excluding carboxylic acids is 1. The van der Waals surface area contributed by atoms with Crippen molar-refractivity contribution in [3.05, 3.63) is 0 Å². The van der Waals surface area contributed by atoms with Gasteiger partial charge in [-0.1, -0.05) is 20.8 Å². The van der Waals surface area contributed by atoms with Gasteiger partial charge in [0.05, 0.1) is 5.92 Å². The molecular formula is C8H14O2. The van der Waals surface area contributed by atoms with Crippen molar-refractivity contribution in [2.75, 3.05) is 0 Å². The van der Waals surface area contributed by atoms with E-state index in [1.54, 1.807) is 0 Å². The van der Waals surface area contributed by atoms with Crippen LogP contribution in [0.3, 0.4) is 0 Å². The summed E-state index contributed by atoms with van der Waals surface area (Å²) >= 11 is 0. The monoisotopic (exact) mass is 142 g/mol. The topological polar surface area (TPSA) is 26.3 Å². The Morgan fingerprint density at radius 2 is 1.90 bits per heavy atom. The zero-order chi connectivity index (χ0) is 7.94. The SMILES string of the molecule is C[C@@H]1C(=O)O[C@H]1C(C)(C)C. The second-order valence-corrected chi connectivity index (χ2v) is 4.01. The average molecular weight is 142 g/mol. The summed E-state index contributed by atoms with van der Waals surface area (Å²) in [5.41, 5.74) is 0.104. The fourth-order valence-corrected chi connectivity index (χ4v) is 1.31. The minimum atomic E-state index is -0.0556. The highest BCUT2D eigenvalue weighted by molar-refractivity contribution is 5.78. The summed E-state index contributed by atoms with van der Waals surface area (Å²) in [6, 6.07) is 0. The molecule has 0 amide bonds. The molecule has 0 saturated carbocycles. The number of ether oxygens (including phenoxy) is 1. The highest BCUT2D eigenvalue weighted by Gasteiger charge is 2.45. The first-order valence-electron chi connectivity index (χ1n) is 3.63. The summed E-state index contributed by atoms with van der Waals surface area (Å²) in [4.78, 5) is 10.7. The molecule has 58 valence electrons. The molecule has 0 radical (unpaired) electrons. The summed E-state index contributed by atoms with van der Waals surface area (Å²) in [6.07, 6.45) is 0.125. The van der Waals surface area contributed by atoms with E-state index in [-0.39, 0.29) is 23.4 Å². The van der Waals surface area contributed by atoms with E-state index in [9.17, 15) is 4.79 Å².